The summed E-state index contributed by atoms with van der Waals surface area (Å²) in [6.45, 7) is 7.24. The highest BCUT2D eigenvalue weighted by Gasteiger charge is 2.29. The van der Waals surface area contributed by atoms with E-state index >= 15 is 0 Å². The summed E-state index contributed by atoms with van der Waals surface area (Å²) in [6.07, 6.45) is 0.263. The zero-order valence-corrected chi connectivity index (χ0v) is 22.8. The largest absolute Gasteiger partial charge is 0.497 e. The molecule has 0 heterocycles. The molecule has 2 atom stereocenters. The lowest BCUT2D eigenvalue weighted by Crippen LogP contribution is -2.33. The van der Waals surface area contributed by atoms with E-state index < -0.39 is 0 Å². The molecular weight excluding hydrogens is 470 g/mol. The van der Waals surface area contributed by atoms with Crippen LogP contribution in [0.15, 0.2) is 103 Å². The topological polar surface area (TPSA) is 38.8 Å². The van der Waals surface area contributed by atoms with Crippen LogP contribution < -0.4 is 4.74 Å². The third-order valence-corrected chi connectivity index (χ3v) is 6.94. The van der Waals surface area contributed by atoms with E-state index in [1.165, 1.54) is 11.1 Å². The first-order valence-corrected chi connectivity index (χ1v) is 13.2. The standard InChI is InChI=1S/C34H37NO3/c1-5-38-34(36)23-33(31-20-25(2)19-30(21-31)29-17-12-18-32(22-29)37-4)35(24-27-13-8-6-9-14-27)26(3)28-15-10-7-11-16-28/h6-22,26,33H,5,23-24H2,1-4H3/t26-,33?/m1/s1. The van der Waals surface area contributed by atoms with Crippen molar-refractivity contribution in [2.45, 2.75) is 45.8 Å². The molecule has 1 unspecified atom stereocenters. The second-order valence-electron chi connectivity index (χ2n) is 9.63. The van der Waals surface area contributed by atoms with Crippen LogP contribution in [0.5, 0.6) is 5.75 Å². The summed E-state index contributed by atoms with van der Waals surface area (Å²) in [7, 11) is 1.68. The Morgan fingerprint density at radius 2 is 1.53 bits per heavy atom. The fourth-order valence-electron chi connectivity index (χ4n) is 5.01. The van der Waals surface area contributed by atoms with Gasteiger partial charge in [0, 0.05) is 18.6 Å². The minimum Gasteiger partial charge on any atom is -0.497 e. The minimum atomic E-state index is -0.194. The second kappa shape index (κ2) is 13.1. The van der Waals surface area contributed by atoms with Crippen molar-refractivity contribution in [3.63, 3.8) is 0 Å². The Morgan fingerprint density at radius 3 is 2.21 bits per heavy atom. The number of hydrogen-bond acceptors (Lipinski definition) is 4. The molecule has 0 bridgehead atoms. The molecule has 0 spiro atoms. The van der Waals surface area contributed by atoms with Gasteiger partial charge in [0.1, 0.15) is 5.75 Å². The van der Waals surface area contributed by atoms with E-state index in [2.05, 4.69) is 91.5 Å². The number of carbonyl (C=O) groups excluding carboxylic acids is 1. The summed E-state index contributed by atoms with van der Waals surface area (Å²) in [4.78, 5) is 15.4. The second-order valence-corrected chi connectivity index (χ2v) is 9.63. The zero-order chi connectivity index (χ0) is 26.9. The highest BCUT2D eigenvalue weighted by Crippen LogP contribution is 2.37. The van der Waals surface area contributed by atoms with Gasteiger partial charge in [0.25, 0.3) is 0 Å². The molecule has 196 valence electrons. The van der Waals surface area contributed by atoms with E-state index in [-0.39, 0.29) is 24.5 Å². The molecule has 0 amide bonds. The Balaban J connectivity index is 1.83. The summed E-state index contributed by atoms with van der Waals surface area (Å²) in [5.41, 5.74) is 6.81. The summed E-state index contributed by atoms with van der Waals surface area (Å²) < 4.78 is 11.0. The molecule has 0 fully saturated rings. The number of rotatable bonds is 11. The van der Waals surface area contributed by atoms with Crippen molar-refractivity contribution in [1.29, 1.82) is 0 Å². The van der Waals surface area contributed by atoms with E-state index in [9.17, 15) is 4.79 Å². The summed E-state index contributed by atoms with van der Waals surface area (Å²) in [6, 6.07) is 35.5. The van der Waals surface area contributed by atoms with E-state index in [4.69, 9.17) is 9.47 Å². The lowest BCUT2D eigenvalue weighted by molar-refractivity contribution is -0.145. The average molecular weight is 508 g/mol. The number of aryl methyl sites for hydroxylation is 1. The van der Waals surface area contributed by atoms with Gasteiger partial charge in [-0.2, -0.15) is 0 Å². The van der Waals surface area contributed by atoms with Crippen LogP contribution in [-0.2, 0) is 16.1 Å². The fourth-order valence-corrected chi connectivity index (χ4v) is 5.01. The summed E-state index contributed by atoms with van der Waals surface area (Å²) in [5, 5.41) is 0. The Morgan fingerprint density at radius 1 is 0.816 bits per heavy atom. The van der Waals surface area contributed by atoms with Gasteiger partial charge >= 0.3 is 5.97 Å². The van der Waals surface area contributed by atoms with Gasteiger partial charge in [-0.15, -0.1) is 0 Å². The predicted molar refractivity (Wildman–Crippen MR) is 154 cm³/mol. The number of benzene rings is 4. The molecule has 0 N–H and O–H groups in total. The normalized spacial score (nSPS) is 12.7. The summed E-state index contributed by atoms with van der Waals surface area (Å²) >= 11 is 0. The van der Waals surface area contributed by atoms with Crippen LogP contribution >= 0.6 is 0 Å². The molecule has 4 heteroatoms. The van der Waals surface area contributed by atoms with Crippen molar-refractivity contribution in [2.24, 2.45) is 0 Å². The molecule has 0 saturated carbocycles. The molecule has 0 radical (unpaired) electrons. The number of methoxy groups -OCH3 is 1. The third kappa shape index (κ3) is 6.90. The predicted octanol–water partition coefficient (Wildman–Crippen LogP) is 7.93. The van der Waals surface area contributed by atoms with Gasteiger partial charge in [-0.05, 0) is 66.8 Å². The molecule has 0 aliphatic carbocycles. The Hall–Kier alpha value is -3.89. The Labute approximate surface area is 226 Å². The first kappa shape index (κ1) is 27.2. The van der Waals surface area contributed by atoms with Crippen LogP contribution in [0.1, 0.15) is 54.6 Å². The highest BCUT2D eigenvalue weighted by atomic mass is 16.5. The number of ether oxygens (including phenoxy) is 2. The molecule has 4 rings (SSSR count). The minimum absolute atomic E-state index is 0.0663. The van der Waals surface area contributed by atoms with Crippen LogP contribution in [0.25, 0.3) is 11.1 Å². The maximum Gasteiger partial charge on any atom is 0.307 e. The monoisotopic (exact) mass is 507 g/mol. The molecular formula is C34H37NO3. The van der Waals surface area contributed by atoms with Crippen LogP contribution in [0.2, 0.25) is 0 Å². The number of esters is 1. The molecule has 0 saturated heterocycles. The fraction of sp³-hybridized carbons (Fsp3) is 0.265. The molecule has 0 aliphatic rings. The smallest absolute Gasteiger partial charge is 0.307 e. The third-order valence-electron chi connectivity index (χ3n) is 6.94. The van der Waals surface area contributed by atoms with Crippen LogP contribution in [0, 0.1) is 6.92 Å². The van der Waals surface area contributed by atoms with Gasteiger partial charge in [-0.25, -0.2) is 0 Å². The van der Waals surface area contributed by atoms with Gasteiger partial charge in [0.05, 0.1) is 20.1 Å². The lowest BCUT2D eigenvalue weighted by Gasteiger charge is -2.37. The van der Waals surface area contributed by atoms with Crippen molar-refractivity contribution in [3.8, 4) is 16.9 Å². The quantitative estimate of drug-likeness (QED) is 0.193. The van der Waals surface area contributed by atoms with Gasteiger partial charge in [0.15, 0.2) is 0 Å². The highest BCUT2D eigenvalue weighted by molar-refractivity contribution is 5.71. The summed E-state index contributed by atoms with van der Waals surface area (Å²) in [5.74, 6) is 0.622. The van der Waals surface area contributed by atoms with Crippen molar-refractivity contribution in [1.82, 2.24) is 4.90 Å². The average Bonchev–Trinajstić information content (AvgIpc) is 2.95. The molecule has 38 heavy (non-hydrogen) atoms. The van der Waals surface area contributed by atoms with Gasteiger partial charge in [0.2, 0.25) is 0 Å². The Bertz CT molecular complexity index is 1320. The molecule has 0 aliphatic heterocycles. The maximum absolute atomic E-state index is 13.0. The first-order chi connectivity index (χ1) is 18.5. The molecule has 4 aromatic carbocycles. The number of nitrogens with zero attached hydrogens (tertiary/aromatic N) is 1. The van der Waals surface area contributed by atoms with Gasteiger partial charge in [-0.3, -0.25) is 9.69 Å². The van der Waals surface area contributed by atoms with Crippen molar-refractivity contribution in [2.75, 3.05) is 13.7 Å². The maximum atomic E-state index is 13.0. The van der Waals surface area contributed by atoms with Crippen LogP contribution in [-0.4, -0.2) is 24.6 Å². The van der Waals surface area contributed by atoms with Crippen molar-refractivity contribution in [3.05, 3.63) is 125 Å². The van der Waals surface area contributed by atoms with E-state index in [0.717, 1.165) is 28.0 Å². The van der Waals surface area contributed by atoms with E-state index in [1.807, 2.05) is 37.3 Å². The Kier molecular flexibility index (Phi) is 9.34. The number of hydrogen-bond donors (Lipinski definition) is 0. The molecule has 4 nitrogen and oxygen atoms in total. The SMILES string of the molecule is CCOC(=O)CC(c1cc(C)cc(-c2cccc(OC)c2)c1)N(Cc1ccccc1)[C@H](C)c1ccccc1. The lowest BCUT2D eigenvalue weighted by atomic mass is 9.92. The van der Waals surface area contributed by atoms with E-state index in [1.54, 1.807) is 7.11 Å². The zero-order valence-electron chi connectivity index (χ0n) is 22.8. The van der Waals surface area contributed by atoms with Gasteiger partial charge in [-0.1, -0.05) is 90.5 Å². The molecule has 0 aromatic heterocycles. The molecule has 4 aromatic rings. The van der Waals surface area contributed by atoms with Crippen LogP contribution in [0.4, 0.5) is 0 Å². The van der Waals surface area contributed by atoms with Crippen molar-refractivity contribution >= 4 is 5.97 Å². The van der Waals surface area contributed by atoms with Gasteiger partial charge < -0.3 is 9.47 Å². The number of carbonyl (C=O) groups is 1. The van der Waals surface area contributed by atoms with Crippen molar-refractivity contribution < 1.29 is 14.3 Å². The van der Waals surface area contributed by atoms with E-state index in [0.29, 0.717) is 13.2 Å². The first-order valence-electron chi connectivity index (χ1n) is 13.2. The van der Waals surface area contributed by atoms with Crippen LogP contribution in [0.3, 0.4) is 0 Å².